The fourth-order valence-corrected chi connectivity index (χ4v) is 10.0. The zero-order valence-corrected chi connectivity index (χ0v) is 32.5. The van der Waals surface area contributed by atoms with Crippen molar-refractivity contribution in [2.75, 3.05) is 0 Å². The molecule has 0 N–H and O–H groups in total. The number of hydrogen-bond donors (Lipinski definition) is 0. The number of carbonyl (C=O) groups excluding carboxylic acids is 2. The van der Waals surface area contributed by atoms with Crippen molar-refractivity contribution in [1.29, 1.82) is 0 Å². The van der Waals surface area contributed by atoms with Crippen LogP contribution in [-0.4, -0.2) is 11.6 Å². The summed E-state index contributed by atoms with van der Waals surface area (Å²) in [5, 5.41) is 0. The lowest BCUT2D eigenvalue weighted by atomic mass is 9.77. The van der Waals surface area contributed by atoms with Crippen molar-refractivity contribution in [3.05, 3.63) is 118 Å². The van der Waals surface area contributed by atoms with Gasteiger partial charge in [0.05, 0.1) is 0 Å². The van der Waals surface area contributed by atoms with Crippen molar-refractivity contribution >= 4 is 35.1 Å². The Morgan fingerprint density at radius 1 is 0.529 bits per heavy atom. The Kier molecular flexibility index (Phi) is 14.1. The zero-order chi connectivity index (χ0) is 35.4. The number of aryl methyl sites for hydroxylation is 1. The summed E-state index contributed by atoms with van der Waals surface area (Å²) >= 11 is 3.17. The summed E-state index contributed by atoms with van der Waals surface area (Å²) in [4.78, 5) is 32.1. The number of hydrogen-bond acceptors (Lipinski definition) is 4. The van der Waals surface area contributed by atoms with Crippen LogP contribution in [0.1, 0.15) is 165 Å². The van der Waals surface area contributed by atoms with Gasteiger partial charge in [0, 0.05) is 41.8 Å². The van der Waals surface area contributed by atoms with Crippen LogP contribution in [0.5, 0.6) is 0 Å². The van der Waals surface area contributed by atoms with Crippen molar-refractivity contribution in [3.63, 3.8) is 0 Å². The van der Waals surface area contributed by atoms with Crippen LogP contribution in [0, 0.1) is 5.92 Å². The molecule has 6 rings (SSSR count). The fourth-order valence-electron chi connectivity index (χ4n) is 8.07. The van der Waals surface area contributed by atoms with Gasteiger partial charge < -0.3 is 0 Å². The number of unbranched alkanes of at least 4 members (excludes halogenated alkanes) is 9. The van der Waals surface area contributed by atoms with E-state index in [0.29, 0.717) is 28.2 Å². The molecular weight excluding hydrogens is 661 g/mol. The van der Waals surface area contributed by atoms with E-state index < -0.39 is 0 Å². The standard InChI is InChI=1S/C47H56O2S2/c1-3-5-7-9-11-13-16-34-22-26-36(27-23-34)37-28-32-39(33-29-37)51-43-21-15-19-41-45(43)47(49)40-18-14-20-42(44(40)46(41)48)50-38-30-24-35(25-31-38)17-12-10-8-6-4-2/h14-15,18-21,24-25,28-34,36H,3-13,16-17,22-23,26-27H2,1-2H3. The van der Waals surface area contributed by atoms with Gasteiger partial charge >= 0.3 is 0 Å². The molecule has 1 saturated carbocycles. The fraction of sp³-hybridized carbons (Fsp3) is 0.447. The minimum absolute atomic E-state index is 0.0575. The van der Waals surface area contributed by atoms with Crippen LogP contribution < -0.4 is 0 Å². The Morgan fingerprint density at radius 2 is 1.02 bits per heavy atom. The molecular formula is C47H56O2S2. The molecule has 0 bridgehead atoms. The maximum absolute atomic E-state index is 14.1. The molecule has 0 radical (unpaired) electrons. The molecule has 0 atom stereocenters. The average Bonchev–Trinajstić information content (AvgIpc) is 3.16. The second kappa shape index (κ2) is 19.1. The van der Waals surface area contributed by atoms with Crippen LogP contribution in [0.15, 0.2) is 105 Å². The molecule has 51 heavy (non-hydrogen) atoms. The minimum atomic E-state index is -0.0590. The van der Waals surface area contributed by atoms with E-state index in [1.54, 1.807) is 23.5 Å². The van der Waals surface area contributed by atoms with E-state index in [-0.39, 0.29) is 11.6 Å². The van der Waals surface area contributed by atoms with E-state index in [1.165, 1.54) is 114 Å². The molecule has 1 fully saturated rings. The van der Waals surface area contributed by atoms with Gasteiger partial charge in [0.2, 0.25) is 0 Å². The first kappa shape index (κ1) is 37.7. The van der Waals surface area contributed by atoms with Crippen molar-refractivity contribution in [1.82, 2.24) is 0 Å². The Balaban J connectivity index is 1.07. The Bertz CT molecular complexity index is 1730. The highest BCUT2D eigenvalue weighted by molar-refractivity contribution is 7.99. The quantitative estimate of drug-likeness (QED) is 0.0846. The van der Waals surface area contributed by atoms with Gasteiger partial charge in [0.15, 0.2) is 11.6 Å². The second-order valence-corrected chi connectivity index (χ2v) is 17.1. The second-order valence-electron chi connectivity index (χ2n) is 14.9. The molecule has 0 aromatic heterocycles. The smallest absolute Gasteiger partial charge is 0.195 e. The van der Waals surface area contributed by atoms with Crippen LogP contribution >= 0.6 is 23.5 Å². The molecule has 0 aliphatic heterocycles. The molecule has 0 saturated heterocycles. The average molecular weight is 717 g/mol. The summed E-state index contributed by atoms with van der Waals surface area (Å²) in [5.41, 5.74) is 4.89. The van der Waals surface area contributed by atoms with Gasteiger partial charge in [-0.3, -0.25) is 9.59 Å². The highest BCUT2D eigenvalue weighted by Crippen LogP contribution is 2.42. The van der Waals surface area contributed by atoms with Crippen molar-refractivity contribution in [2.45, 2.75) is 149 Å². The Morgan fingerprint density at radius 3 is 1.57 bits per heavy atom. The Labute approximate surface area is 316 Å². The third kappa shape index (κ3) is 9.87. The summed E-state index contributed by atoms with van der Waals surface area (Å²) in [6, 6.07) is 29.2. The molecule has 0 amide bonds. The highest BCUT2D eigenvalue weighted by Gasteiger charge is 2.34. The first-order chi connectivity index (χ1) is 25.1. The van der Waals surface area contributed by atoms with E-state index in [4.69, 9.17) is 0 Å². The topological polar surface area (TPSA) is 34.1 Å². The molecule has 2 nitrogen and oxygen atoms in total. The van der Waals surface area contributed by atoms with Gasteiger partial charge in [-0.2, -0.15) is 0 Å². The monoisotopic (exact) mass is 716 g/mol. The normalized spacial score (nSPS) is 17.0. The van der Waals surface area contributed by atoms with Gasteiger partial charge in [-0.05, 0) is 97.9 Å². The van der Waals surface area contributed by atoms with Crippen LogP contribution in [0.3, 0.4) is 0 Å². The SMILES string of the molecule is CCCCCCCCC1CCC(c2ccc(Sc3cccc4c3C(=O)c3cccc(Sc5ccc(CCCCCCC)cc5)c3C4=O)cc2)CC1. The third-order valence-electron chi connectivity index (χ3n) is 11.1. The molecule has 268 valence electrons. The van der Waals surface area contributed by atoms with Gasteiger partial charge in [-0.15, -0.1) is 0 Å². The van der Waals surface area contributed by atoms with Crippen LogP contribution in [0.4, 0.5) is 0 Å². The van der Waals surface area contributed by atoms with E-state index in [9.17, 15) is 9.59 Å². The van der Waals surface area contributed by atoms with E-state index in [1.807, 2.05) is 36.4 Å². The van der Waals surface area contributed by atoms with Crippen LogP contribution in [-0.2, 0) is 6.42 Å². The number of carbonyl (C=O) groups is 2. The molecule has 0 heterocycles. The van der Waals surface area contributed by atoms with Crippen molar-refractivity contribution in [3.8, 4) is 0 Å². The number of rotatable bonds is 18. The summed E-state index contributed by atoms with van der Waals surface area (Å²) in [6.07, 6.45) is 22.5. The Hall–Kier alpha value is -3.08. The van der Waals surface area contributed by atoms with Crippen LogP contribution in [0.25, 0.3) is 0 Å². The molecule has 4 aromatic rings. The van der Waals surface area contributed by atoms with E-state index in [2.05, 4.69) is 62.4 Å². The zero-order valence-electron chi connectivity index (χ0n) is 30.9. The number of benzene rings is 4. The molecule has 4 aromatic carbocycles. The summed E-state index contributed by atoms with van der Waals surface area (Å²) in [5.74, 6) is 1.44. The predicted molar refractivity (Wildman–Crippen MR) is 216 cm³/mol. The number of fused-ring (bicyclic) bond motifs is 2. The summed E-state index contributed by atoms with van der Waals surface area (Å²) in [6.45, 7) is 4.54. The minimum Gasteiger partial charge on any atom is -0.289 e. The molecule has 2 aliphatic carbocycles. The van der Waals surface area contributed by atoms with E-state index >= 15 is 0 Å². The lowest BCUT2D eigenvalue weighted by Gasteiger charge is -2.29. The van der Waals surface area contributed by atoms with Gasteiger partial charge in [-0.25, -0.2) is 0 Å². The third-order valence-corrected chi connectivity index (χ3v) is 13.2. The first-order valence-electron chi connectivity index (χ1n) is 20.0. The summed E-state index contributed by atoms with van der Waals surface area (Å²) < 4.78 is 0. The first-order valence-corrected chi connectivity index (χ1v) is 21.6. The van der Waals surface area contributed by atoms with Gasteiger partial charge in [-0.1, -0.05) is 157 Å². The van der Waals surface area contributed by atoms with Gasteiger partial charge in [0.25, 0.3) is 0 Å². The van der Waals surface area contributed by atoms with Crippen molar-refractivity contribution < 1.29 is 9.59 Å². The largest absolute Gasteiger partial charge is 0.289 e. The molecule has 0 spiro atoms. The lowest BCUT2D eigenvalue weighted by Crippen LogP contribution is -2.22. The number of ketones is 2. The van der Waals surface area contributed by atoms with Crippen LogP contribution in [0.2, 0.25) is 0 Å². The van der Waals surface area contributed by atoms with Crippen molar-refractivity contribution in [2.24, 2.45) is 5.92 Å². The maximum Gasteiger partial charge on any atom is 0.195 e. The van der Waals surface area contributed by atoms with E-state index in [0.717, 1.165) is 31.9 Å². The lowest BCUT2D eigenvalue weighted by molar-refractivity contribution is 0.0974. The highest BCUT2D eigenvalue weighted by atomic mass is 32.2. The molecule has 0 unspecified atom stereocenters. The summed E-state index contributed by atoms with van der Waals surface area (Å²) in [7, 11) is 0. The molecule has 4 heteroatoms. The van der Waals surface area contributed by atoms with Gasteiger partial charge in [0.1, 0.15) is 0 Å². The maximum atomic E-state index is 14.1. The predicted octanol–water partition coefficient (Wildman–Crippen LogP) is 14.3. The molecule has 2 aliphatic rings.